The number of carbonyl (C=O) groups is 1. The summed E-state index contributed by atoms with van der Waals surface area (Å²) < 4.78 is 0. The Balaban J connectivity index is 2.87. The Morgan fingerprint density at radius 2 is 2.31 bits per heavy atom. The smallest absolute Gasteiger partial charge is 0.235 e. The average Bonchev–Trinajstić information content (AvgIpc) is 2.74. The van der Waals surface area contributed by atoms with Gasteiger partial charge in [0.25, 0.3) is 0 Å². The predicted molar refractivity (Wildman–Crippen MR) is 67.0 cm³/mol. The largest absolute Gasteiger partial charge is 0.394 e. The van der Waals surface area contributed by atoms with Gasteiger partial charge in [-0.3, -0.25) is 4.79 Å². The molecule has 0 radical (unpaired) electrons. The predicted octanol–water partition coefficient (Wildman–Crippen LogP) is 0.672. The number of carbonyl (C=O) groups excluding carboxylic acids is 1. The monoisotopic (exact) mass is 244 g/mol. The highest BCUT2D eigenvalue weighted by atomic mass is 32.1. The van der Waals surface area contributed by atoms with E-state index in [2.05, 4.69) is 0 Å². The van der Waals surface area contributed by atoms with Crippen LogP contribution in [0.15, 0.2) is 0 Å². The molecule has 92 valence electrons. The molecule has 2 unspecified atom stereocenters. The van der Waals surface area contributed by atoms with Crippen LogP contribution in [0.1, 0.15) is 33.1 Å². The first-order chi connectivity index (χ1) is 7.47. The minimum atomic E-state index is -0.771. The second-order valence-electron chi connectivity index (χ2n) is 4.53. The van der Waals surface area contributed by atoms with Crippen LogP contribution >= 0.6 is 12.2 Å². The van der Waals surface area contributed by atoms with Gasteiger partial charge in [0.05, 0.1) is 23.1 Å². The van der Waals surface area contributed by atoms with Crippen LogP contribution in [0.2, 0.25) is 0 Å². The van der Waals surface area contributed by atoms with E-state index >= 15 is 0 Å². The van der Waals surface area contributed by atoms with Crippen molar-refractivity contribution in [2.75, 3.05) is 13.2 Å². The lowest BCUT2D eigenvalue weighted by Gasteiger charge is -2.33. The van der Waals surface area contributed by atoms with Crippen molar-refractivity contribution in [1.29, 1.82) is 0 Å². The van der Waals surface area contributed by atoms with E-state index in [1.807, 2.05) is 6.92 Å². The third-order valence-electron chi connectivity index (χ3n) is 3.57. The van der Waals surface area contributed by atoms with Crippen molar-refractivity contribution in [3.05, 3.63) is 0 Å². The Morgan fingerprint density at radius 1 is 1.69 bits per heavy atom. The minimum absolute atomic E-state index is 0.0167. The highest BCUT2D eigenvalue weighted by Crippen LogP contribution is 2.29. The molecular formula is C11H20N2O2S. The summed E-state index contributed by atoms with van der Waals surface area (Å²) in [7, 11) is 0. The van der Waals surface area contributed by atoms with Gasteiger partial charge in [-0.2, -0.15) is 0 Å². The molecule has 16 heavy (non-hydrogen) atoms. The summed E-state index contributed by atoms with van der Waals surface area (Å²) in [6.07, 6.45) is 2.39. The maximum absolute atomic E-state index is 12.4. The molecule has 3 N–H and O–H groups in total. The van der Waals surface area contributed by atoms with E-state index in [1.54, 1.807) is 11.8 Å². The van der Waals surface area contributed by atoms with E-state index in [1.165, 1.54) is 0 Å². The molecule has 0 bridgehead atoms. The van der Waals surface area contributed by atoms with Crippen LogP contribution in [0.3, 0.4) is 0 Å². The molecule has 2 atom stereocenters. The summed E-state index contributed by atoms with van der Waals surface area (Å²) in [5.74, 6) is -0.0425. The van der Waals surface area contributed by atoms with Gasteiger partial charge in [0, 0.05) is 6.54 Å². The summed E-state index contributed by atoms with van der Waals surface area (Å²) in [4.78, 5) is 14.3. The number of rotatable bonds is 4. The quantitative estimate of drug-likeness (QED) is 0.713. The first-order valence-corrected chi connectivity index (χ1v) is 6.10. The van der Waals surface area contributed by atoms with Gasteiger partial charge < -0.3 is 15.7 Å². The number of hydrogen-bond donors (Lipinski definition) is 2. The van der Waals surface area contributed by atoms with Gasteiger partial charge in [0.15, 0.2) is 0 Å². The van der Waals surface area contributed by atoms with E-state index in [9.17, 15) is 9.90 Å². The van der Waals surface area contributed by atoms with E-state index in [-0.39, 0.29) is 23.5 Å². The number of aliphatic hydroxyl groups excluding tert-OH is 1. The van der Waals surface area contributed by atoms with Crippen molar-refractivity contribution in [2.45, 2.75) is 39.2 Å². The molecule has 5 heteroatoms. The van der Waals surface area contributed by atoms with Crippen molar-refractivity contribution in [2.24, 2.45) is 11.1 Å². The molecule has 0 aromatic heterocycles. The van der Waals surface area contributed by atoms with E-state index in [0.717, 1.165) is 12.8 Å². The lowest BCUT2D eigenvalue weighted by Crippen LogP contribution is -2.50. The van der Waals surface area contributed by atoms with Crippen molar-refractivity contribution in [3.63, 3.8) is 0 Å². The third kappa shape index (κ3) is 2.20. The fourth-order valence-electron chi connectivity index (χ4n) is 2.04. The molecule has 0 saturated carbocycles. The first kappa shape index (κ1) is 13.4. The number of hydrogen-bond acceptors (Lipinski definition) is 3. The first-order valence-electron chi connectivity index (χ1n) is 5.69. The molecule has 1 saturated heterocycles. The lowest BCUT2D eigenvalue weighted by molar-refractivity contribution is -0.139. The third-order valence-corrected chi connectivity index (χ3v) is 4.02. The summed E-state index contributed by atoms with van der Waals surface area (Å²) in [5.41, 5.74) is 4.89. The topological polar surface area (TPSA) is 66.6 Å². The SMILES string of the molecule is CCC(C)(C(=O)N1CCCC1CO)C(N)=S. The molecule has 0 aromatic rings. The summed E-state index contributed by atoms with van der Waals surface area (Å²) in [6.45, 7) is 4.40. The molecule has 4 nitrogen and oxygen atoms in total. The van der Waals surface area contributed by atoms with Gasteiger partial charge >= 0.3 is 0 Å². The fourth-order valence-corrected chi connectivity index (χ4v) is 2.27. The van der Waals surface area contributed by atoms with Crippen LogP contribution < -0.4 is 5.73 Å². The maximum Gasteiger partial charge on any atom is 0.235 e. The Morgan fingerprint density at radius 3 is 2.75 bits per heavy atom. The highest BCUT2D eigenvalue weighted by Gasteiger charge is 2.41. The number of thiocarbonyl (C=S) groups is 1. The van der Waals surface area contributed by atoms with Crippen molar-refractivity contribution in [3.8, 4) is 0 Å². The van der Waals surface area contributed by atoms with E-state index in [0.29, 0.717) is 13.0 Å². The van der Waals surface area contributed by atoms with Crippen LogP contribution in [-0.4, -0.2) is 40.1 Å². The Kier molecular flexibility index (Phi) is 4.27. The van der Waals surface area contributed by atoms with Gasteiger partial charge in [0.2, 0.25) is 5.91 Å². The number of aliphatic hydroxyl groups is 1. The number of nitrogens with zero attached hydrogens (tertiary/aromatic N) is 1. The average molecular weight is 244 g/mol. The molecule has 1 amide bonds. The Hall–Kier alpha value is -0.680. The Labute approximate surface area is 102 Å². The summed E-state index contributed by atoms with van der Waals surface area (Å²) in [5, 5.41) is 9.20. The van der Waals surface area contributed by atoms with E-state index in [4.69, 9.17) is 18.0 Å². The van der Waals surface area contributed by atoms with Crippen molar-refractivity contribution in [1.82, 2.24) is 4.90 Å². The second kappa shape index (κ2) is 5.10. The van der Waals surface area contributed by atoms with Gasteiger partial charge in [-0.1, -0.05) is 19.1 Å². The zero-order chi connectivity index (χ0) is 12.3. The lowest BCUT2D eigenvalue weighted by atomic mass is 9.85. The van der Waals surface area contributed by atoms with Gasteiger partial charge in [-0.05, 0) is 26.2 Å². The molecular weight excluding hydrogens is 224 g/mol. The molecule has 1 fully saturated rings. The van der Waals surface area contributed by atoms with Crippen LogP contribution in [0.25, 0.3) is 0 Å². The summed E-state index contributed by atoms with van der Waals surface area (Å²) in [6, 6.07) is -0.0623. The highest BCUT2D eigenvalue weighted by molar-refractivity contribution is 7.80. The minimum Gasteiger partial charge on any atom is -0.394 e. The standard InChI is InChI=1S/C11H20N2O2S/c1-3-11(2,9(12)16)10(15)13-6-4-5-8(13)7-14/h8,14H,3-7H2,1-2H3,(H2,12,16). The van der Waals surface area contributed by atoms with Crippen LogP contribution in [0.4, 0.5) is 0 Å². The van der Waals surface area contributed by atoms with Crippen LogP contribution in [0.5, 0.6) is 0 Å². The zero-order valence-corrected chi connectivity index (χ0v) is 10.7. The van der Waals surface area contributed by atoms with E-state index < -0.39 is 5.41 Å². The molecule has 1 aliphatic heterocycles. The second-order valence-corrected chi connectivity index (χ2v) is 4.97. The zero-order valence-electron chi connectivity index (χ0n) is 9.90. The molecule has 1 rings (SSSR count). The Bertz CT molecular complexity index is 296. The van der Waals surface area contributed by atoms with Gasteiger partial charge in [-0.25, -0.2) is 0 Å². The number of amides is 1. The van der Waals surface area contributed by atoms with Gasteiger partial charge in [0.1, 0.15) is 0 Å². The molecule has 1 heterocycles. The van der Waals surface area contributed by atoms with Crippen molar-refractivity contribution >= 4 is 23.1 Å². The fraction of sp³-hybridized carbons (Fsp3) is 0.818. The number of nitrogens with two attached hydrogens (primary N) is 1. The molecule has 0 spiro atoms. The number of likely N-dealkylation sites (tertiary alicyclic amines) is 1. The normalized spacial score (nSPS) is 24.2. The molecule has 0 aliphatic carbocycles. The molecule has 1 aliphatic rings. The van der Waals surface area contributed by atoms with Crippen LogP contribution in [0, 0.1) is 5.41 Å². The van der Waals surface area contributed by atoms with Gasteiger partial charge in [-0.15, -0.1) is 0 Å². The van der Waals surface area contributed by atoms with Crippen LogP contribution in [-0.2, 0) is 4.79 Å². The van der Waals surface area contributed by atoms with Crippen molar-refractivity contribution < 1.29 is 9.90 Å². The molecule has 0 aromatic carbocycles. The summed E-state index contributed by atoms with van der Waals surface area (Å²) >= 11 is 4.98. The maximum atomic E-state index is 12.4.